The van der Waals surface area contributed by atoms with Gasteiger partial charge in [-0.2, -0.15) is 6.42 Å². The van der Waals surface area contributed by atoms with Crippen LogP contribution < -0.4 is 0 Å². The van der Waals surface area contributed by atoms with Crippen molar-refractivity contribution in [3.63, 3.8) is 0 Å². The number of hydrogen-bond donors (Lipinski definition) is 0. The molecule has 4 rings (SSSR count). The summed E-state index contributed by atoms with van der Waals surface area (Å²) in [5.41, 5.74) is 0. The molecule has 0 spiro atoms. The van der Waals surface area contributed by atoms with Crippen molar-refractivity contribution in [2.75, 3.05) is 0 Å². The first-order valence-corrected chi connectivity index (χ1v) is 12.6. The zero-order valence-electron chi connectivity index (χ0n) is 18.5. The van der Waals surface area contributed by atoms with E-state index in [0.717, 1.165) is 29.6 Å². The van der Waals surface area contributed by atoms with Gasteiger partial charge in [0.15, 0.2) is 0 Å². The van der Waals surface area contributed by atoms with E-state index in [9.17, 15) is 0 Å². The van der Waals surface area contributed by atoms with E-state index in [0.29, 0.717) is 11.8 Å². The number of rotatable bonds is 3. The van der Waals surface area contributed by atoms with E-state index in [-0.39, 0.29) is 32.7 Å². The second-order valence-corrected chi connectivity index (χ2v) is 10.8. The van der Waals surface area contributed by atoms with E-state index < -0.39 is 0 Å². The molecule has 2 atom stereocenters. The molecular weight excluding hydrogens is 413 g/mol. The molecule has 1 radical (unpaired) electrons. The zero-order valence-corrected chi connectivity index (χ0v) is 21.3. The second-order valence-electron chi connectivity index (χ2n) is 10.8. The molecule has 0 heterocycles. The molecule has 0 aromatic heterocycles. The fraction of sp³-hybridized carbons (Fsp3) is 0.889. The van der Waals surface area contributed by atoms with E-state index in [1.807, 2.05) is 0 Å². The van der Waals surface area contributed by atoms with Crippen molar-refractivity contribution in [2.24, 2.45) is 41.4 Å². The molecule has 28 heavy (non-hydrogen) atoms. The van der Waals surface area contributed by atoms with Crippen LogP contribution in [-0.2, 0) is 32.7 Å². The van der Waals surface area contributed by atoms with Gasteiger partial charge in [0.25, 0.3) is 0 Å². The van der Waals surface area contributed by atoms with Crippen LogP contribution in [0.4, 0.5) is 0 Å². The summed E-state index contributed by atoms with van der Waals surface area (Å²) < 4.78 is 0. The Balaban J connectivity index is 0.00000225. The average molecular weight is 457 g/mol. The second kappa shape index (κ2) is 11.9. The van der Waals surface area contributed by atoms with Gasteiger partial charge in [0.1, 0.15) is 0 Å². The first-order chi connectivity index (χ1) is 13.3. The Hall–Kier alpha value is 0.664. The van der Waals surface area contributed by atoms with Gasteiger partial charge in [-0.3, -0.25) is 0 Å². The van der Waals surface area contributed by atoms with Crippen molar-refractivity contribution in [2.45, 2.75) is 110 Å². The third-order valence-corrected chi connectivity index (χ3v) is 8.74. The molecular formula is C27H43Y-. The van der Waals surface area contributed by atoms with Crippen LogP contribution in [0.1, 0.15) is 110 Å². The maximum atomic E-state index is 3.70. The summed E-state index contributed by atoms with van der Waals surface area (Å²) in [6.07, 6.45) is 26.1. The molecule has 4 fully saturated rings. The van der Waals surface area contributed by atoms with Crippen LogP contribution in [0, 0.1) is 59.7 Å². The van der Waals surface area contributed by atoms with Crippen LogP contribution in [0.2, 0.25) is 0 Å². The molecule has 4 aliphatic carbocycles. The van der Waals surface area contributed by atoms with Gasteiger partial charge in [-0.25, -0.2) is 0 Å². The first kappa shape index (κ1) is 23.3. The van der Waals surface area contributed by atoms with Crippen molar-refractivity contribution in [1.29, 1.82) is 0 Å². The van der Waals surface area contributed by atoms with Crippen LogP contribution in [-0.4, -0.2) is 0 Å². The predicted octanol–water partition coefficient (Wildman–Crippen LogP) is 7.82. The molecule has 4 aliphatic rings. The van der Waals surface area contributed by atoms with Gasteiger partial charge in [-0.1, -0.05) is 64.2 Å². The van der Waals surface area contributed by atoms with Gasteiger partial charge >= 0.3 is 0 Å². The van der Waals surface area contributed by atoms with Crippen molar-refractivity contribution in [1.82, 2.24) is 0 Å². The minimum Gasteiger partial charge on any atom is -0.314 e. The molecule has 0 aliphatic heterocycles. The Morgan fingerprint density at radius 3 is 1.89 bits per heavy atom. The Morgan fingerprint density at radius 1 is 0.679 bits per heavy atom. The molecule has 0 amide bonds. The van der Waals surface area contributed by atoms with E-state index in [4.69, 9.17) is 0 Å². The van der Waals surface area contributed by atoms with Crippen molar-refractivity contribution in [3.05, 3.63) is 6.42 Å². The largest absolute Gasteiger partial charge is 0.314 e. The normalized spacial score (nSPS) is 39.6. The van der Waals surface area contributed by atoms with Gasteiger partial charge in [-0.15, -0.1) is 17.8 Å². The molecule has 0 aromatic carbocycles. The van der Waals surface area contributed by atoms with E-state index in [2.05, 4.69) is 25.2 Å². The van der Waals surface area contributed by atoms with Gasteiger partial charge < -0.3 is 6.42 Å². The van der Waals surface area contributed by atoms with E-state index in [1.165, 1.54) is 57.8 Å². The minimum atomic E-state index is 0. The summed E-state index contributed by atoms with van der Waals surface area (Å²) in [6, 6.07) is 0. The Labute approximate surface area is 201 Å². The van der Waals surface area contributed by atoms with Crippen molar-refractivity contribution in [3.8, 4) is 11.8 Å². The SMILES string of the molecule is CC1C[CH-]C(C#CC2CCC(C3CCC(CC4CCCC4)CC3)CC2)CC1.[Y]. The van der Waals surface area contributed by atoms with Crippen LogP contribution in [0.25, 0.3) is 0 Å². The first-order valence-electron chi connectivity index (χ1n) is 12.6. The molecule has 0 saturated heterocycles. The van der Waals surface area contributed by atoms with Crippen molar-refractivity contribution < 1.29 is 32.7 Å². The van der Waals surface area contributed by atoms with Gasteiger partial charge in [0.2, 0.25) is 0 Å². The third-order valence-electron chi connectivity index (χ3n) is 8.74. The summed E-state index contributed by atoms with van der Waals surface area (Å²) in [5, 5.41) is 0. The molecule has 0 nitrogen and oxygen atoms in total. The maximum Gasteiger partial charge on any atom is 0.0202 e. The third kappa shape index (κ3) is 6.84. The Kier molecular flexibility index (Phi) is 9.91. The molecule has 155 valence electrons. The van der Waals surface area contributed by atoms with Gasteiger partial charge in [0.05, 0.1) is 0 Å². The standard InChI is InChI=1S/C27H43.Y/c1-21-6-8-22(9-7-21)10-11-23-12-16-26(17-13-23)27-18-14-25(15-19-27)20-24-4-2-3-5-24;/h8,21-27H,2-7,9,12-20H2,1H3;/q-1;. The summed E-state index contributed by atoms with van der Waals surface area (Å²) in [5.74, 6) is 13.8. The average Bonchev–Trinajstić information content (AvgIpc) is 3.22. The molecule has 2 unspecified atom stereocenters. The van der Waals surface area contributed by atoms with Crippen LogP contribution >= 0.6 is 0 Å². The predicted molar refractivity (Wildman–Crippen MR) is 116 cm³/mol. The number of hydrogen-bond acceptors (Lipinski definition) is 0. The zero-order chi connectivity index (χ0) is 18.5. The monoisotopic (exact) mass is 456 g/mol. The topological polar surface area (TPSA) is 0 Å². The maximum absolute atomic E-state index is 3.70. The molecule has 0 aromatic rings. The van der Waals surface area contributed by atoms with E-state index >= 15 is 0 Å². The van der Waals surface area contributed by atoms with Crippen molar-refractivity contribution >= 4 is 0 Å². The fourth-order valence-electron chi connectivity index (χ4n) is 6.80. The van der Waals surface area contributed by atoms with Gasteiger partial charge in [0, 0.05) is 38.6 Å². The fourth-order valence-corrected chi connectivity index (χ4v) is 6.80. The summed E-state index contributed by atoms with van der Waals surface area (Å²) in [6.45, 7) is 2.38. The molecule has 0 bridgehead atoms. The smallest absolute Gasteiger partial charge is 0.0202 e. The van der Waals surface area contributed by atoms with Crippen LogP contribution in [0.5, 0.6) is 0 Å². The molecule has 0 N–H and O–H groups in total. The van der Waals surface area contributed by atoms with Gasteiger partial charge in [-0.05, 0) is 68.6 Å². The van der Waals surface area contributed by atoms with Crippen LogP contribution in [0.3, 0.4) is 0 Å². The van der Waals surface area contributed by atoms with Crippen LogP contribution in [0.15, 0.2) is 0 Å². The molecule has 1 heteroatoms. The quantitative estimate of drug-likeness (QED) is 0.300. The molecule has 4 saturated carbocycles. The minimum absolute atomic E-state index is 0. The summed E-state index contributed by atoms with van der Waals surface area (Å²) in [4.78, 5) is 0. The summed E-state index contributed by atoms with van der Waals surface area (Å²) >= 11 is 0. The Bertz CT molecular complexity index is 484. The Morgan fingerprint density at radius 2 is 1.29 bits per heavy atom. The van der Waals surface area contributed by atoms with E-state index in [1.54, 1.807) is 44.9 Å². The summed E-state index contributed by atoms with van der Waals surface area (Å²) in [7, 11) is 0.